The van der Waals surface area contributed by atoms with E-state index in [2.05, 4.69) is 6.07 Å². The van der Waals surface area contributed by atoms with Crippen molar-refractivity contribution in [2.75, 3.05) is 0 Å². The van der Waals surface area contributed by atoms with Gasteiger partial charge in [-0.15, -0.1) is 0 Å². The summed E-state index contributed by atoms with van der Waals surface area (Å²) in [5.41, 5.74) is 3.46. The van der Waals surface area contributed by atoms with E-state index in [-0.39, 0.29) is 0 Å². The molecule has 0 amide bonds. The van der Waals surface area contributed by atoms with Crippen LogP contribution in [-0.4, -0.2) is 22.4 Å². The van der Waals surface area contributed by atoms with Gasteiger partial charge in [-0.3, -0.25) is 0 Å². The summed E-state index contributed by atoms with van der Waals surface area (Å²) in [7, 11) is 0. The molecule has 0 radical (unpaired) electrons. The molecule has 2 atom stereocenters. The smallest absolute Gasteiger partial charge is 0.0836 e. The predicted octanol–water partition coefficient (Wildman–Crippen LogP) is 1.59. The monoisotopic (exact) mass is 194 g/mol. The zero-order valence-electron chi connectivity index (χ0n) is 8.99. The second kappa shape index (κ2) is 4.58. The summed E-state index contributed by atoms with van der Waals surface area (Å²) in [5, 5.41) is 18.7. The van der Waals surface area contributed by atoms with Crippen LogP contribution in [0.4, 0.5) is 0 Å². The van der Waals surface area contributed by atoms with Gasteiger partial charge in [-0.05, 0) is 26.3 Å². The van der Waals surface area contributed by atoms with Crippen LogP contribution in [0.3, 0.4) is 0 Å². The van der Waals surface area contributed by atoms with Gasteiger partial charge in [-0.1, -0.05) is 29.3 Å². The van der Waals surface area contributed by atoms with E-state index in [4.69, 9.17) is 0 Å². The lowest BCUT2D eigenvalue weighted by Gasteiger charge is -2.14. The average Bonchev–Trinajstić information content (AvgIpc) is 2.01. The molecule has 2 nitrogen and oxygen atoms in total. The molecule has 0 aliphatic heterocycles. The molecule has 2 N–H and O–H groups in total. The van der Waals surface area contributed by atoms with Crippen molar-refractivity contribution in [3.8, 4) is 0 Å². The van der Waals surface area contributed by atoms with E-state index < -0.39 is 12.2 Å². The molecule has 1 aromatic rings. The molecule has 2 heteroatoms. The van der Waals surface area contributed by atoms with Gasteiger partial charge in [-0.2, -0.15) is 0 Å². The number of hydrogen-bond acceptors (Lipinski definition) is 2. The molecule has 0 saturated heterocycles. The molecule has 0 saturated carbocycles. The molecule has 0 heterocycles. The summed E-state index contributed by atoms with van der Waals surface area (Å²) in [6.07, 6.45) is -0.827. The minimum atomic E-state index is -0.671. The molecule has 0 aromatic heterocycles. The van der Waals surface area contributed by atoms with E-state index in [1.807, 2.05) is 26.0 Å². The lowest BCUT2D eigenvalue weighted by Crippen LogP contribution is -2.24. The SMILES string of the molecule is Cc1cc(C)cc(CC(O)C(C)O)c1. The van der Waals surface area contributed by atoms with E-state index in [1.54, 1.807) is 6.92 Å². The Morgan fingerprint density at radius 2 is 1.57 bits per heavy atom. The molecule has 0 bridgehead atoms. The number of aliphatic hydroxyl groups excluding tert-OH is 2. The Hall–Kier alpha value is -0.860. The highest BCUT2D eigenvalue weighted by Crippen LogP contribution is 2.12. The summed E-state index contributed by atoms with van der Waals surface area (Å²) >= 11 is 0. The van der Waals surface area contributed by atoms with Crippen molar-refractivity contribution in [2.24, 2.45) is 0 Å². The topological polar surface area (TPSA) is 40.5 Å². The van der Waals surface area contributed by atoms with Crippen LogP contribution in [0.1, 0.15) is 23.6 Å². The van der Waals surface area contributed by atoms with Gasteiger partial charge in [0.1, 0.15) is 0 Å². The number of benzene rings is 1. The average molecular weight is 194 g/mol. The molecule has 0 aliphatic carbocycles. The molecule has 14 heavy (non-hydrogen) atoms. The van der Waals surface area contributed by atoms with Crippen molar-refractivity contribution in [3.05, 3.63) is 34.9 Å². The molecule has 2 unspecified atom stereocenters. The molecule has 1 aromatic carbocycles. The third kappa shape index (κ3) is 3.13. The van der Waals surface area contributed by atoms with Crippen LogP contribution < -0.4 is 0 Å². The Bertz CT molecular complexity index is 285. The number of aryl methyl sites for hydroxylation is 2. The lowest BCUT2D eigenvalue weighted by molar-refractivity contribution is 0.0319. The summed E-state index contributed by atoms with van der Waals surface area (Å²) in [6.45, 7) is 5.67. The van der Waals surface area contributed by atoms with Crippen LogP contribution >= 0.6 is 0 Å². The maximum absolute atomic E-state index is 9.51. The van der Waals surface area contributed by atoms with Gasteiger partial charge in [0.05, 0.1) is 12.2 Å². The fourth-order valence-electron chi connectivity index (χ4n) is 1.60. The quantitative estimate of drug-likeness (QED) is 0.767. The van der Waals surface area contributed by atoms with Crippen LogP contribution in [0.15, 0.2) is 18.2 Å². The van der Waals surface area contributed by atoms with Gasteiger partial charge in [0.2, 0.25) is 0 Å². The molecular weight excluding hydrogens is 176 g/mol. The molecular formula is C12H18O2. The summed E-state index contributed by atoms with van der Waals surface area (Å²) in [4.78, 5) is 0. The van der Waals surface area contributed by atoms with Crippen LogP contribution in [0.2, 0.25) is 0 Å². The fraction of sp³-hybridized carbons (Fsp3) is 0.500. The third-order valence-corrected chi connectivity index (χ3v) is 2.28. The minimum Gasteiger partial charge on any atom is -0.391 e. The maximum atomic E-state index is 9.51. The minimum absolute atomic E-state index is 0.514. The zero-order valence-corrected chi connectivity index (χ0v) is 8.99. The van der Waals surface area contributed by atoms with E-state index in [9.17, 15) is 10.2 Å². The van der Waals surface area contributed by atoms with Crippen LogP contribution in [-0.2, 0) is 6.42 Å². The summed E-state index contributed by atoms with van der Waals surface area (Å²) in [6, 6.07) is 6.18. The van der Waals surface area contributed by atoms with Crippen LogP contribution in [0, 0.1) is 13.8 Å². The molecule has 0 aliphatic rings. The summed E-state index contributed by atoms with van der Waals surface area (Å²) in [5.74, 6) is 0. The first-order valence-electron chi connectivity index (χ1n) is 4.92. The lowest BCUT2D eigenvalue weighted by atomic mass is 10.0. The van der Waals surface area contributed by atoms with Gasteiger partial charge in [0.15, 0.2) is 0 Å². The molecule has 78 valence electrons. The van der Waals surface area contributed by atoms with Crippen molar-refractivity contribution >= 4 is 0 Å². The second-order valence-corrected chi connectivity index (χ2v) is 4.01. The highest BCUT2D eigenvalue weighted by atomic mass is 16.3. The molecule has 0 fully saturated rings. The van der Waals surface area contributed by atoms with Gasteiger partial charge in [0, 0.05) is 6.42 Å². The van der Waals surface area contributed by atoms with Crippen molar-refractivity contribution < 1.29 is 10.2 Å². The summed E-state index contributed by atoms with van der Waals surface area (Å²) < 4.78 is 0. The standard InChI is InChI=1S/C12H18O2/c1-8-4-9(2)6-11(5-8)7-12(14)10(3)13/h4-6,10,12-14H,7H2,1-3H3. The van der Waals surface area contributed by atoms with Crippen molar-refractivity contribution in [3.63, 3.8) is 0 Å². The number of rotatable bonds is 3. The van der Waals surface area contributed by atoms with Gasteiger partial charge >= 0.3 is 0 Å². The largest absolute Gasteiger partial charge is 0.391 e. The maximum Gasteiger partial charge on any atom is 0.0836 e. The Morgan fingerprint density at radius 3 is 2.00 bits per heavy atom. The van der Waals surface area contributed by atoms with Gasteiger partial charge in [0.25, 0.3) is 0 Å². The number of aliphatic hydroxyl groups is 2. The third-order valence-electron chi connectivity index (χ3n) is 2.28. The van der Waals surface area contributed by atoms with Gasteiger partial charge < -0.3 is 10.2 Å². The first-order chi connectivity index (χ1) is 6.49. The van der Waals surface area contributed by atoms with E-state index in [0.29, 0.717) is 6.42 Å². The van der Waals surface area contributed by atoms with Crippen molar-refractivity contribution in [2.45, 2.75) is 39.4 Å². The highest BCUT2D eigenvalue weighted by Gasteiger charge is 2.11. The fourth-order valence-corrected chi connectivity index (χ4v) is 1.60. The zero-order chi connectivity index (χ0) is 10.7. The molecule has 1 rings (SSSR count). The Morgan fingerprint density at radius 1 is 1.07 bits per heavy atom. The normalized spacial score (nSPS) is 15.2. The predicted molar refractivity (Wildman–Crippen MR) is 57.3 cm³/mol. The van der Waals surface area contributed by atoms with Gasteiger partial charge in [-0.25, -0.2) is 0 Å². The van der Waals surface area contributed by atoms with Crippen molar-refractivity contribution in [1.82, 2.24) is 0 Å². The van der Waals surface area contributed by atoms with E-state index in [0.717, 1.165) is 5.56 Å². The first kappa shape index (κ1) is 11.2. The van der Waals surface area contributed by atoms with E-state index >= 15 is 0 Å². The highest BCUT2D eigenvalue weighted by molar-refractivity contribution is 5.28. The Balaban J connectivity index is 2.76. The van der Waals surface area contributed by atoms with Crippen LogP contribution in [0.25, 0.3) is 0 Å². The molecule has 0 spiro atoms. The Labute approximate surface area is 85.2 Å². The second-order valence-electron chi connectivity index (χ2n) is 4.01. The van der Waals surface area contributed by atoms with Crippen LogP contribution in [0.5, 0.6) is 0 Å². The Kier molecular flexibility index (Phi) is 3.67. The van der Waals surface area contributed by atoms with E-state index in [1.165, 1.54) is 11.1 Å². The van der Waals surface area contributed by atoms with Crippen molar-refractivity contribution in [1.29, 1.82) is 0 Å². The first-order valence-corrected chi connectivity index (χ1v) is 4.92. The number of hydrogen-bond donors (Lipinski definition) is 2.